The third-order valence-electron chi connectivity index (χ3n) is 3.53. The van der Waals surface area contributed by atoms with E-state index in [1.807, 2.05) is 57.4 Å². The molecule has 0 spiro atoms. The highest BCUT2D eigenvalue weighted by Crippen LogP contribution is 2.13. The minimum absolute atomic E-state index is 0.0128. The lowest BCUT2D eigenvalue weighted by Gasteiger charge is -2.28. The minimum Gasteiger partial charge on any atom is -0.378 e. The molecule has 4 heteroatoms. The van der Waals surface area contributed by atoms with E-state index in [4.69, 9.17) is 0 Å². The molecule has 20 heavy (non-hydrogen) atoms. The summed E-state index contributed by atoms with van der Waals surface area (Å²) in [6.45, 7) is 5.00. The van der Waals surface area contributed by atoms with Gasteiger partial charge in [0.1, 0.15) is 0 Å². The maximum atomic E-state index is 12.2. The molecule has 0 radical (unpaired) electrons. The molecule has 4 nitrogen and oxygen atoms in total. The van der Waals surface area contributed by atoms with Crippen LogP contribution in [-0.4, -0.2) is 51.6 Å². The first-order valence-electron chi connectivity index (χ1n) is 7.05. The fourth-order valence-electron chi connectivity index (χ4n) is 2.24. The van der Waals surface area contributed by atoms with Crippen molar-refractivity contribution in [1.29, 1.82) is 0 Å². The minimum atomic E-state index is -0.0128. The molecule has 1 N–H and O–H groups in total. The topological polar surface area (TPSA) is 35.6 Å². The van der Waals surface area contributed by atoms with E-state index in [1.165, 1.54) is 0 Å². The van der Waals surface area contributed by atoms with Gasteiger partial charge in [0.2, 0.25) is 0 Å². The summed E-state index contributed by atoms with van der Waals surface area (Å²) in [4.78, 5) is 16.4. The first-order chi connectivity index (χ1) is 9.32. The van der Waals surface area contributed by atoms with Crippen molar-refractivity contribution in [2.24, 2.45) is 5.92 Å². The van der Waals surface area contributed by atoms with Gasteiger partial charge < -0.3 is 15.1 Å². The molecule has 1 aromatic carbocycles. The Balaban J connectivity index is 2.69. The molecule has 0 bridgehead atoms. The fourth-order valence-corrected chi connectivity index (χ4v) is 2.24. The van der Waals surface area contributed by atoms with Gasteiger partial charge in [-0.2, -0.15) is 0 Å². The van der Waals surface area contributed by atoms with Gasteiger partial charge in [-0.15, -0.1) is 0 Å². The number of carbonyl (C=O) groups excluding carboxylic acids is 1. The van der Waals surface area contributed by atoms with Crippen LogP contribution in [0.5, 0.6) is 0 Å². The van der Waals surface area contributed by atoms with Gasteiger partial charge in [-0.05, 0) is 38.2 Å². The van der Waals surface area contributed by atoms with Crippen LogP contribution < -0.4 is 10.2 Å². The molecule has 1 aromatic rings. The Morgan fingerprint density at radius 3 is 2.35 bits per heavy atom. The van der Waals surface area contributed by atoms with E-state index in [9.17, 15) is 4.79 Å². The third kappa shape index (κ3) is 4.53. The number of nitrogens with zero attached hydrogens (tertiary/aromatic N) is 2. The maximum absolute atomic E-state index is 12.2. The van der Waals surface area contributed by atoms with Crippen molar-refractivity contribution in [2.45, 2.75) is 19.9 Å². The van der Waals surface area contributed by atoms with Gasteiger partial charge in [0.25, 0.3) is 5.91 Å². The van der Waals surface area contributed by atoms with Crippen LogP contribution in [0.4, 0.5) is 5.69 Å². The average molecular weight is 277 g/mol. The second-order valence-electron chi connectivity index (χ2n) is 5.93. The number of amides is 1. The Labute approximate surface area is 122 Å². The Kier molecular flexibility index (Phi) is 6.02. The van der Waals surface area contributed by atoms with Gasteiger partial charge in [0.05, 0.1) is 0 Å². The molecular formula is C16H27N3O. The van der Waals surface area contributed by atoms with E-state index in [0.29, 0.717) is 24.1 Å². The van der Waals surface area contributed by atoms with E-state index in [1.54, 1.807) is 0 Å². The number of anilines is 1. The van der Waals surface area contributed by atoms with Crippen molar-refractivity contribution in [3.63, 3.8) is 0 Å². The van der Waals surface area contributed by atoms with Crippen molar-refractivity contribution in [1.82, 2.24) is 10.2 Å². The average Bonchev–Trinajstić information content (AvgIpc) is 2.38. The second kappa shape index (κ2) is 7.29. The molecule has 112 valence electrons. The first-order valence-corrected chi connectivity index (χ1v) is 7.05. The maximum Gasteiger partial charge on any atom is 0.251 e. The molecule has 0 aromatic heterocycles. The number of likely N-dealkylation sites (N-methyl/N-ethyl adjacent to an activating group) is 1. The van der Waals surface area contributed by atoms with Crippen LogP contribution in [0.25, 0.3) is 0 Å². The summed E-state index contributed by atoms with van der Waals surface area (Å²) in [6, 6.07) is 8.01. The molecule has 1 amide bonds. The lowest BCUT2D eigenvalue weighted by atomic mass is 10.0. The van der Waals surface area contributed by atoms with Gasteiger partial charge in [0, 0.05) is 37.9 Å². The molecule has 1 atom stereocenters. The number of nitrogens with one attached hydrogen (secondary N) is 1. The fraction of sp³-hybridized carbons (Fsp3) is 0.562. The van der Waals surface area contributed by atoms with Crippen molar-refractivity contribution in [3.05, 3.63) is 29.8 Å². The lowest BCUT2D eigenvalue weighted by molar-refractivity contribution is 0.0934. The Hall–Kier alpha value is -1.55. The summed E-state index contributed by atoms with van der Waals surface area (Å²) in [6.07, 6.45) is 0. The van der Waals surface area contributed by atoms with Gasteiger partial charge >= 0.3 is 0 Å². The SMILES string of the molecule is CC(C)[C@@H](CNC(=O)c1cccc(N(C)C)c1)N(C)C. The van der Waals surface area contributed by atoms with Gasteiger partial charge in [0.15, 0.2) is 0 Å². The van der Waals surface area contributed by atoms with Crippen LogP contribution in [0.15, 0.2) is 24.3 Å². The first kappa shape index (κ1) is 16.5. The van der Waals surface area contributed by atoms with E-state index >= 15 is 0 Å². The number of rotatable bonds is 6. The highest BCUT2D eigenvalue weighted by molar-refractivity contribution is 5.95. The van der Waals surface area contributed by atoms with E-state index in [0.717, 1.165) is 5.69 Å². The zero-order chi connectivity index (χ0) is 15.3. The largest absolute Gasteiger partial charge is 0.378 e. The quantitative estimate of drug-likeness (QED) is 0.864. The monoisotopic (exact) mass is 277 g/mol. The Morgan fingerprint density at radius 1 is 1.20 bits per heavy atom. The summed E-state index contributed by atoms with van der Waals surface area (Å²) in [5, 5.41) is 3.03. The summed E-state index contributed by atoms with van der Waals surface area (Å²) in [5.41, 5.74) is 1.74. The van der Waals surface area contributed by atoms with Gasteiger partial charge in [-0.1, -0.05) is 19.9 Å². The third-order valence-corrected chi connectivity index (χ3v) is 3.53. The van der Waals surface area contributed by atoms with Crippen molar-refractivity contribution in [3.8, 4) is 0 Å². The molecule has 0 saturated carbocycles. The van der Waals surface area contributed by atoms with E-state index < -0.39 is 0 Å². The molecule has 0 aliphatic rings. The number of benzene rings is 1. The Bertz CT molecular complexity index is 433. The van der Waals surface area contributed by atoms with Crippen LogP contribution in [0.2, 0.25) is 0 Å². The predicted octanol–water partition coefficient (Wildman–Crippen LogP) is 2.07. The summed E-state index contributed by atoms with van der Waals surface area (Å²) in [7, 11) is 8.03. The zero-order valence-corrected chi connectivity index (χ0v) is 13.5. The molecule has 0 heterocycles. The van der Waals surface area contributed by atoms with Crippen molar-refractivity contribution < 1.29 is 4.79 Å². The smallest absolute Gasteiger partial charge is 0.251 e. The molecule has 0 saturated heterocycles. The molecule has 0 aliphatic carbocycles. The highest BCUT2D eigenvalue weighted by atomic mass is 16.1. The molecule has 1 rings (SSSR count). The molecule has 0 unspecified atom stereocenters. The normalized spacial score (nSPS) is 12.6. The predicted molar refractivity (Wildman–Crippen MR) is 85.4 cm³/mol. The van der Waals surface area contributed by atoms with Gasteiger partial charge in [-0.25, -0.2) is 0 Å². The van der Waals surface area contributed by atoms with Crippen LogP contribution in [-0.2, 0) is 0 Å². The van der Waals surface area contributed by atoms with Crippen LogP contribution in [0, 0.1) is 5.92 Å². The molecular weight excluding hydrogens is 250 g/mol. The van der Waals surface area contributed by atoms with Crippen LogP contribution >= 0.6 is 0 Å². The second-order valence-corrected chi connectivity index (χ2v) is 5.93. The van der Waals surface area contributed by atoms with Crippen molar-refractivity contribution in [2.75, 3.05) is 39.6 Å². The highest BCUT2D eigenvalue weighted by Gasteiger charge is 2.17. The summed E-state index contributed by atoms with van der Waals surface area (Å²) >= 11 is 0. The summed E-state index contributed by atoms with van der Waals surface area (Å²) < 4.78 is 0. The number of hydrogen-bond donors (Lipinski definition) is 1. The number of carbonyl (C=O) groups is 1. The Morgan fingerprint density at radius 2 is 1.85 bits per heavy atom. The van der Waals surface area contributed by atoms with Gasteiger partial charge in [-0.3, -0.25) is 4.79 Å². The van der Waals surface area contributed by atoms with Crippen molar-refractivity contribution >= 4 is 11.6 Å². The zero-order valence-electron chi connectivity index (χ0n) is 13.5. The van der Waals surface area contributed by atoms with Crippen LogP contribution in [0.3, 0.4) is 0 Å². The van der Waals surface area contributed by atoms with Crippen LogP contribution in [0.1, 0.15) is 24.2 Å². The lowest BCUT2D eigenvalue weighted by Crippen LogP contribution is -2.43. The molecule has 0 fully saturated rings. The number of hydrogen-bond acceptors (Lipinski definition) is 3. The van der Waals surface area contributed by atoms with E-state index in [-0.39, 0.29) is 5.91 Å². The molecule has 0 aliphatic heterocycles. The standard InChI is InChI=1S/C16H27N3O/c1-12(2)15(19(5)6)11-17-16(20)13-8-7-9-14(10-13)18(3)4/h7-10,12,15H,11H2,1-6H3,(H,17,20)/t15-/m1/s1. The van der Waals surface area contributed by atoms with E-state index in [2.05, 4.69) is 24.1 Å². The summed E-state index contributed by atoms with van der Waals surface area (Å²) in [5.74, 6) is 0.486.